The van der Waals surface area contributed by atoms with Crippen LogP contribution in [0.3, 0.4) is 0 Å². The van der Waals surface area contributed by atoms with Crippen molar-refractivity contribution < 1.29 is 13.5 Å². The maximum absolute atomic E-state index is 12.8. The Morgan fingerprint density at radius 2 is 1.80 bits per heavy atom. The summed E-state index contributed by atoms with van der Waals surface area (Å²) in [6, 6.07) is 3.34. The van der Waals surface area contributed by atoms with Gasteiger partial charge < -0.3 is 10.1 Å². The Balaban J connectivity index is 2.37. The lowest BCUT2D eigenvalue weighted by Crippen LogP contribution is -2.13. The fraction of sp³-hybridized carbons (Fsp3) is 0.455. The van der Waals surface area contributed by atoms with Gasteiger partial charge in [-0.2, -0.15) is 0 Å². The van der Waals surface area contributed by atoms with E-state index in [1.54, 1.807) is 0 Å². The largest absolute Gasteiger partial charge is 0.383 e. The van der Waals surface area contributed by atoms with Crippen LogP contribution < -0.4 is 5.32 Å². The topological polar surface area (TPSA) is 21.3 Å². The standard InChI is InChI=1S/C11H15F2NO/c1-8(2)15-4-3-14-11-6-9(12)5-10(13)7-11/h5-8,14H,3-4H2,1-2H3. The summed E-state index contributed by atoms with van der Waals surface area (Å²) < 4.78 is 30.8. The Kier molecular flexibility index (Phi) is 4.49. The van der Waals surface area contributed by atoms with Gasteiger partial charge in [0.1, 0.15) is 11.6 Å². The molecule has 0 unspecified atom stereocenters. The molecule has 1 rings (SSSR count). The first-order chi connectivity index (χ1) is 7.08. The summed E-state index contributed by atoms with van der Waals surface area (Å²) in [5.74, 6) is -1.16. The second kappa shape index (κ2) is 5.66. The molecule has 0 saturated carbocycles. The van der Waals surface area contributed by atoms with Gasteiger partial charge in [0.05, 0.1) is 12.7 Å². The van der Waals surface area contributed by atoms with E-state index in [1.165, 1.54) is 12.1 Å². The molecule has 0 fully saturated rings. The van der Waals surface area contributed by atoms with Gasteiger partial charge in [0.2, 0.25) is 0 Å². The van der Waals surface area contributed by atoms with E-state index in [-0.39, 0.29) is 6.10 Å². The zero-order chi connectivity index (χ0) is 11.3. The van der Waals surface area contributed by atoms with Gasteiger partial charge in [0, 0.05) is 18.3 Å². The lowest BCUT2D eigenvalue weighted by Gasteiger charge is -2.09. The Morgan fingerprint density at radius 1 is 1.20 bits per heavy atom. The van der Waals surface area contributed by atoms with Crippen LogP contribution in [0, 0.1) is 11.6 Å². The van der Waals surface area contributed by atoms with Gasteiger partial charge in [0.25, 0.3) is 0 Å². The third-order valence-corrected chi connectivity index (χ3v) is 1.74. The van der Waals surface area contributed by atoms with Crippen molar-refractivity contribution in [1.29, 1.82) is 0 Å². The fourth-order valence-electron chi connectivity index (χ4n) is 1.15. The van der Waals surface area contributed by atoms with E-state index in [0.717, 1.165) is 6.07 Å². The van der Waals surface area contributed by atoms with Crippen LogP contribution in [0.2, 0.25) is 0 Å². The van der Waals surface area contributed by atoms with Crippen LogP contribution >= 0.6 is 0 Å². The van der Waals surface area contributed by atoms with Crippen LogP contribution in [-0.4, -0.2) is 19.3 Å². The minimum absolute atomic E-state index is 0.163. The quantitative estimate of drug-likeness (QED) is 0.762. The number of halogens is 2. The Bertz CT molecular complexity index is 295. The maximum atomic E-state index is 12.8. The normalized spacial score (nSPS) is 10.7. The van der Waals surface area contributed by atoms with Crippen molar-refractivity contribution in [3.05, 3.63) is 29.8 Å². The number of hydrogen-bond donors (Lipinski definition) is 1. The Hall–Kier alpha value is -1.16. The van der Waals surface area contributed by atoms with Crippen LogP contribution in [0.4, 0.5) is 14.5 Å². The average molecular weight is 215 g/mol. The summed E-state index contributed by atoms with van der Waals surface area (Å²) in [5.41, 5.74) is 0.430. The average Bonchev–Trinajstić information content (AvgIpc) is 2.10. The van der Waals surface area contributed by atoms with Gasteiger partial charge in [-0.1, -0.05) is 0 Å². The molecule has 0 aliphatic heterocycles. The summed E-state index contributed by atoms with van der Waals surface area (Å²) in [6.07, 6.45) is 0.163. The third kappa shape index (κ3) is 4.74. The van der Waals surface area contributed by atoms with Crippen LogP contribution in [-0.2, 0) is 4.74 Å². The minimum atomic E-state index is -0.581. The summed E-state index contributed by atoms with van der Waals surface area (Å²) in [5, 5.41) is 2.88. The van der Waals surface area contributed by atoms with Crippen molar-refractivity contribution in [3.8, 4) is 0 Å². The van der Waals surface area contributed by atoms with Crippen LogP contribution in [0.1, 0.15) is 13.8 Å². The van der Waals surface area contributed by atoms with E-state index in [2.05, 4.69) is 5.32 Å². The summed E-state index contributed by atoms with van der Waals surface area (Å²) >= 11 is 0. The van der Waals surface area contributed by atoms with Crippen molar-refractivity contribution in [1.82, 2.24) is 0 Å². The second-order valence-corrected chi connectivity index (χ2v) is 3.50. The highest BCUT2D eigenvalue weighted by molar-refractivity contribution is 5.43. The zero-order valence-electron chi connectivity index (χ0n) is 8.89. The molecule has 0 amide bonds. The molecule has 0 aliphatic rings. The first kappa shape index (κ1) is 11.9. The minimum Gasteiger partial charge on any atom is -0.383 e. The van der Waals surface area contributed by atoms with Crippen LogP contribution in [0.25, 0.3) is 0 Å². The van der Waals surface area contributed by atoms with E-state index >= 15 is 0 Å². The molecule has 1 aromatic rings. The zero-order valence-corrected chi connectivity index (χ0v) is 8.89. The van der Waals surface area contributed by atoms with Crippen LogP contribution in [0.5, 0.6) is 0 Å². The number of ether oxygens (including phenoxy) is 1. The highest BCUT2D eigenvalue weighted by Crippen LogP contribution is 2.12. The smallest absolute Gasteiger partial charge is 0.128 e. The number of hydrogen-bond acceptors (Lipinski definition) is 2. The summed E-state index contributed by atoms with van der Waals surface area (Å²) in [6.45, 7) is 4.90. The van der Waals surface area contributed by atoms with E-state index in [9.17, 15) is 8.78 Å². The molecule has 1 N–H and O–H groups in total. The molecule has 0 atom stereocenters. The third-order valence-electron chi connectivity index (χ3n) is 1.74. The van der Waals surface area contributed by atoms with Gasteiger partial charge >= 0.3 is 0 Å². The first-order valence-electron chi connectivity index (χ1n) is 4.89. The molecule has 0 radical (unpaired) electrons. The second-order valence-electron chi connectivity index (χ2n) is 3.50. The number of benzene rings is 1. The van der Waals surface area contributed by atoms with E-state index in [0.29, 0.717) is 18.8 Å². The molecule has 0 saturated heterocycles. The van der Waals surface area contributed by atoms with Gasteiger partial charge in [-0.05, 0) is 26.0 Å². The lowest BCUT2D eigenvalue weighted by atomic mass is 10.3. The molecule has 0 aliphatic carbocycles. The van der Waals surface area contributed by atoms with E-state index in [4.69, 9.17) is 4.74 Å². The van der Waals surface area contributed by atoms with Crippen LogP contribution in [0.15, 0.2) is 18.2 Å². The summed E-state index contributed by atoms with van der Waals surface area (Å²) in [7, 11) is 0. The van der Waals surface area contributed by atoms with Crippen molar-refractivity contribution in [3.63, 3.8) is 0 Å². The number of anilines is 1. The van der Waals surface area contributed by atoms with Crippen molar-refractivity contribution in [2.24, 2.45) is 0 Å². The predicted molar refractivity (Wildman–Crippen MR) is 55.9 cm³/mol. The number of nitrogens with one attached hydrogen (secondary N) is 1. The molecule has 15 heavy (non-hydrogen) atoms. The molecule has 0 aromatic heterocycles. The van der Waals surface area contributed by atoms with E-state index in [1.807, 2.05) is 13.8 Å². The maximum Gasteiger partial charge on any atom is 0.128 e. The first-order valence-corrected chi connectivity index (χ1v) is 4.89. The van der Waals surface area contributed by atoms with Crippen molar-refractivity contribution >= 4 is 5.69 Å². The van der Waals surface area contributed by atoms with Gasteiger partial charge in [-0.3, -0.25) is 0 Å². The molecule has 4 heteroatoms. The Morgan fingerprint density at radius 3 is 2.33 bits per heavy atom. The van der Waals surface area contributed by atoms with E-state index < -0.39 is 11.6 Å². The molecular formula is C11H15F2NO. The SMILES string of the molecule is CC(C)OCCNc1cc(F)cc(F)c1. The highest BCUT2D eigenvalue weighted by Gasteiger charge is 1.99. The monoisotopic (exact) mass is 215 g/mol. The molecule has 0 heterocycles. The lowest BCUT2D eigenvalue weighted by molar-refractivity contribution is 0.0870. The van der Waals surface area contributed by atoms with Crippen molar-refractivity contribution in [2.75, 3.05) is 18.5 Å². The molecular weight excluding hydrogens is 200 g/mol. The molecule has 1 aromatic carbocycles. The molecule has 84 valence electrons. The number of rotatable bonds is 5. The van der Waals surface area contributed by atoms with Crippen molar-refractivity contribution in [2.45, 2.75) is 20.0 Å². The van der Waals surface area contributed by atoms with Gasteiger partial charge in [-0.15, -0.1) is 0 Å². The van der Waals surface area contributed by atoms with Gasteiger partial charge in [0.15, 0.2) is 0 Å². The fourth-order valence-corrected chi connectivity index (χ4v) is 1.15. The molecule has 2 nitrogen and oxygen atoms in total. The predicted octanol–water partition coefficient (Wildman–Crippen LogP) is 2.80. The molecule has 0 bridgehead atoms. The highest BCUT2D eigenvalue weighted by atomic mass is 19.1. The summed E-state index contributed by atoms with van der Waals surface area (Å²) in [4.78, 5) is 0. The Labute approximate surface area is 88.3 Å². The van der Waals surface area contributed by atoms with Gasteiger partial charge in [-0.25, -0.2) is 8.78 Å². The molecule has 0 spiro atoms.